The van der Waals surface area contributed by atoms with Crippen molar-refractivity contribution < 1.29 is 13.5 Å². The Bertz CT molecular complexity index is 449. The number of hydrogen-bond acceptors (Lipinski definition) is 2. The van der Waals surface area contributed by atoms with Crippen molar-refractivity contribution in [3.05, 3.63) is 35.9 Å². The maximum atomic E-state index is 14.2. The maximum Gasteiger partial charge on any atom is 0.296 e. The number of nitrogens with two attached hydrogens (primary N) is 1. The Labute approximate surface area is 125 Å². The van der Waals surface area contributed by atoms with Crippen LogP contribution in [0.4, 0.5) is 8.78 Å². The summed E-state index contributed by atoms with van der Waals surface area (Å²) in [5, 5.41) is 0. The molecular formula is C17H25F2NO. The van der Waals surface area contributed by atoms with E-state index >= 15 is 0 Å². The highest BCUT2D eigenvalue weighted by molar-refractivity contribution is 5.20. The Morgan fingerprint density at radius 2 is 1.67 bits per heavy atom. The first-order valence-electron chi connectivity index (χ1n) is 7.56. The molecule has 0 radical (unpaired) electrons. The van der Waals surface area contributed by atoms with Crippen molar-refractivity contribution in [1.29, 1.82) is 0 Å². The number of benzene rings is 1. The molecule has 1 aliphatic rings. The Hall–Kier alpha value is -1.00. The van der Waals surface area contributed by atoms with Crippen molar-refractivity contribution in [2.75, 3.05) is 13.2 Å². The molecule has 1 fully saturated rings. The molecule has 0 heterocycles. The lowest BCUT2D eigenvalue weighted by Crippen LogP contribution is -2.47. The average Bonchev–Trinajstić information content (AvgIpc) is 2.48. The largest absolute Gasteiger partial charge is 0.367 e. The van der Waals surface area contributed by atoms with E-state index in [1.165, 1.54) is 12.1 Å². The van der Waals surface area contributed by atoms with Crippen LogP contribution in [-0.2, 0) is 10.7 Å². The van der Waals surface area contributed by atoms with Crippen molar-refractivity contribution >= 4 is 0 Å². The first kappa shape index (κ1) is 16.4. The van der Waals surface area contributed by atoms with E-state index < -0.39 is 18.1 Å². The summed E-state index contributed by atoms with van der Waals surface area (Å²) in [5.41, 5.74) is 5.48. The fourth-order valence-electron chi connectivity index (χ4n) is 2.80. The van der Waals surface area contributed by atoms with Crippen molar-refractivity contribution in [3.8, 4) is 0 Å². The number of hydrogen-bond donors (Lipinski definition) is 1. The van der Waals surface area contributed by atoms with Gasteiger partial charge in [0.2, 0.25) is 0 Å². The molecule has 0 aromatic heterocycles. The summed E-state index contributed by atoms with van der Waals surface area (Å²) in [6.45, 7) is 4.10. The van der Waals surface area contributed by atoms with E-state index in [1.807, 2.05) is 0 Å². The molecule has 2 rings (SSSR count). The van der Waals surface area contributed by atoms with Gasteiger partial charge in [0, 0.05) is 12.1 Å². The van der Waals surface area contributed by atoms with Gasteiger partial charge in [-0.3, -0.25) is 0 Å². The molecule has 1 aromatic carbocycles. The summed E-state index contributed by atoms with van der Waals surface area (Å²) < 4.78 is 34.1. The molecule has 2 nitrogen and oxygen atoms in total. The second-order valence-corrected chi connectivity index (χ2v) is 6.91. The standard InChI is InChI=1S/C17H25F2NO/c1-15(2)8-10-16(12-20,11-9-15)21-13-17(18,19)14-6-4-3-5-7-14/h3-7H,8-13,20H2,1-2H3. The second kappa shape index (κ2) is 6.01. The van der Waals surface area contributed by atoms with Crippen molar-refractivity contribution in [1.82, 2.24) is 0 Å². The third-order valence-electron chi connectivity index (χ3n) is 4.64. The monoisotopic (exact) mass is 297 g/mol. The molecule has 2 N–H and O–H groups in total. The van der Waals surface area contributed by atoms with Crippen LogP contribution in [0.1, 0.15) is 45.1 Å². The van der Waals surface area contributed by atoms with Gasteiger partial charge in [0.1, 0.15) is 6.61 Å². The molecule has 0 saturated heterocycles. The zero-order chi connectivity index (χ0) is 15.6. The van der Waals surface area contributed by atoms with E-state index in [4.69, 9.17) is 10.5 Å². The third-order valence-corrected chi connectivity index (χ3v) is 4.64. The summed E-state index contributed by atoms with van der Waals surface area (Å²) in [5.74, 6) is -2.98. The lowest BCUT2D eigenvalue weighted by Gasteiger charge is -2.43. The summed E-state index contributed by atoms with van der Waals surface area (Å²) >= 11 is 0. The summed E-state index contributed by atoms with van der Waals surface area (Å²) in [6.07, 6.45) is 3.42. The highest BCUT2D eigenvalue weighted by Gasteiger charge is 2.41. The van der Waals surface area contributed by atoms with Crippen LogP contribution in [0.25, 0.3) is 0 Å². The molecule has 0 atom stereocenters. The smallest absolute Gasteiger partial charge is 0.296 e. The van der Waals surface area contributed by atoms with Crippen molar-refractivity contribution in [3.63, 3.8) is 0 Å². The molecule has 0 unspecified atom stereocenters. The molecule has 1 aliphatic carbocycles. The van der Waals surface area contributed by atoms with Gasteiger partial charge in [-0.25, -0.2) is 0 Å². The van der Waals surface area contributed by atoms with Crippen LogP contribution in [0.5, 0.6) is 0 Å². The summed E-state index contributed by atoms with van der Waals surface area (Å²) in [4.78, 5) is 0. The highest BCUT2D eigenvalue weighted by atomic mass is 19.3. The van der Waals surface area contributed by atoms with E-state index in [2.05, 4.69) is 13.8 Å². The molecule has 118 valence electrons. The molecular weight excluding hydrogens is 272 g/mol. The fourth-order valence-corrected chi connectivity index (χ4v) is 2.80. The van der Waals surface area contributed by atoms with Gasteiger partial charge in [0.05, 0.1) is 5.60 Å². The second-order valence-electron chi connectivity index (χ2n) is 6.91. The number of rotatable bonds is 5. The Morgan fingerprint density at radius 1 is 1.10 bits per heavy atom. The maximum absolute atomic E-state index is 14.2. The fraction of sp³-hybridized carbons (Fsp3) is 0.647. The van der Waals surface area contributed by atoms with Gasteiger partial charge in [-0.15, -0.1) is 0 Å². The van der Waals surface area contributed by atoms with Gasteiger partial charge < -0.3 is 10.5 Å². The first-order chi connectivity index (χ1) is 9.79. The molecule has 0 amide bonds. The molecule has 1 saturated carbocycles. The Morgan fingerprint density at radius 3 is 2.19 bits per heavy atom. The van der Waals surface area contributed by atoms with Crippen LogP contribution in [0.15, 0.2) is 30.3 Å². The molecule has 0 bridgehead atoms. The predicted octanol–water partition coefficient (Wildman–Crippen LogP) is 4.09. The van der Waals surface area contributed by atoms with Crippen LogP contribution in [0, 0.1) is 5.41 Å². The van der Waals surface area contributed by atoms with Crippen LogP contribution >= 0.6 is 0 Å². The summed E-state index contributed by atoms with van der Waals surface area (Å²) in [7, 11) is 0. The van der Waals surface area contributed by atoms with Crippen LogP contribution in [0.3, 0.4) is 0 Å². The van der Waals surface area contributed by atoms with Gasteiger partial charge in [0.25, 0.3) is 5.92 Å². The topological polar surface area (TPSA) is 35.2 Å². The molecule has 21 heavy (non-hydrogen) atoms. The van der Waals surface area contributed by atoms with E-state index in [9.17, 15) is 8.78 Å². The number of alkyl halides is 2. The van der Waals surface area contributed by atoms with E-state index in [0.717, 1.165) is 25.7 Å². The van der Waals surface area contributed by atoms with Gasteiger partial charge in [0.15, 0.2) is 0 Å². The lowest BCUT2D eigenvalue weighted by atomic mass is 9.71. The van der Waals surface area contributed by atoms with Crippen LogP contribution in [-0.4, -0.2) is 18.8 Å². The normalized spacial score (nSPS) is 21.2. The Kier molecular flexibility index (Phi) is 4.69. The van der Waals surface area contributed by atoms with E-state index in [-0.39, 0.29) is 11.0 Å². The van der Waals surface area contributed by atoms with Gasteiger partial charge >= 0.3 is 0 Å². The van der Waals surface area contributed by atoms with Gasteiger partial charge in [-0.2, -0.15) is 8.78 Å². The number of halogens is 2. The minimum Gasteiger partial charge on any atom is -0.367 e. The molecule has 4 heteroatoms. The average molecular weight is 297 g/mol. The van der Waals surface area contributed by atoms with E-state index in [0.29, 0.717) is 6.54 Å². The highest BCUT2D eigenvalue weighted by Crippen LogP contribution is 2.42. The minimum absolute atomic E-state index is 0.00619. The quantitative estimate of drug-likeness (QED) is 0.888. The van der Waals surface area contributed by atoms with Crippen molar-refractivity contribution in [2.24, 2.45) is 11.1 Å². The van der Waals surface area contributed by atoms with Crippen LogP contribution < -0.4 is 5.73 Å². The van der Waals surface area contributed by atoms with Crippen molar-refractivity contribution in [2.45, 2.75) is 51.1 Å². The Balaban J connectivity index is 2.00. The molecule has 0 spiro atoms. The zero-order valence-electron chi connectivity index (χ0n) is 12.9. The SMILES string of the molecule is CC1(C)CCC(CN)(OCC(F)(F)c2ccccc2)CC1. The lowest BCUT2D eigenvalue weighted by molar-refractivity contribution is -0.157. The number of ether oxygens (including phenoxy) is 1. The van der Waals surface area contributed by atoms with Gasteiger partial charge in [-0.1, -0.05) is 44.2 Å². The minimum atomic E-state index is -2.98. The van der Waals surface area contributed by atoms with E-state index in [1.54, 1.807) is 18.2 Å². The molecule has 1 aromatic rings. The summed E-state index contributed by atoms with van der Waals surface area (Å²) in [6, 6.07) is 7.83. The predicted molar refractivity (Wildman–Crippen MR) is 80.3 cm³/mol. The first-order valence-corrected chi connectivity index (χ1v) is 7.56. The van der Waals surface area contributed by atoms with Crippen LogP contribution in [0.2, 0.25) is 0 Å². The van der Waals surface area contributed by atoms with Gasteiger partial charge in [-0.05, 0) is 31.1 Å². The zero-order valence-corrected chi connectivity index (χ0v) is 12.9. The third kappa shape index (κ3) is 4.01. The molecule has 0 aliphatic heterocycles.